The molecule has 0 saturated carbocycles. The third-order valence-corrected chi connectivity index (χ3v) is 4.35. The van der Waals surface area contributed by atoms with Gasteiger partial charge in [0.2, 0.25) is 0 Å². The molecule has 0 fully saturated rings. The Labute approximate surface area is 167 Å². The van der Waals surface area contributed by atoms with Gasteiger partial charge in [0.1, 0.15) is 5.75 Å². The minimum Gasteiger partial charge on any atom is -0.435 e. The normalized spacial score (nSPS) is 10.6. The summed E-state index contributed by atoms with van der Waals surface area (Å²) in [5.74, 6) is -0.481. The summed E-state index contributed by atoms with van der Waals surface area (Å²) in [7, 11) is 1.62. The van der Waals surface area contributed by atoms with E-state index in [-0.39, 0.29) is 24.0 Å². The lowest BCUT2D eigenvalue weighted by Gasteiger charge is -2.19. The van der Waals surface area contributed by atoms with Crippen molar-refractivity contribution < 1.29 is 23.1 Å². The quantitative estimate of drug-likeness (QED) is 0.541. The molecule has 0 spiro atoms. The monoisotopic (exact) mass is 395 g/mol. The number of nitrogens with zero attached hydrogens (tertiary/aromatic N) is 1. The number of hydrogen-bond acceptors (Lipinski definition) is 3. The van der Waals surface area contributed by atoms with Gasteiger partial charge in [-0.1, -0.05) is 60.7 Å². The fourth-order valence-electron chi connectivity index (χ4n) is 2.94. The van der Waals surface area contributed by atoms with Crippen LogP contribution in [-0.4, -0.2) is 30.2 Å². The Hall–Kier alpha value is -3.54. The Bertz CT molecular complexity index is 989. The second-order valence-corrected chi connectivity index (χ2v) is 6.42. The van der Waals surface area contributed by atoms with E-state index in [1.165, 1.54) is 17.0 Å². The number of amides is 1. The highest BCUT2D eigenvalue weighted by atomic mass is 19.3. The van der Waals surface area contributed by atoms with E-state index in [4.69, 9.17) is 0 Å². The second-order valence-electron chi connectivity index (χ2n) is 6.42. The summed E-state index contributed by atoms with van der Waals surface area (Å²) in [5.41, 5.74) is 1.89. The molecule has 4 nitrogen and oxygen atoms in total. The molecule has 3 aromatic carbocycles. The van der Waals surface area contributed by atoms with Crippen LogP contribution in [0.15, 0.2) is 78.9 Å². The topological polar surface area (TPSA) is 46.6 Å². The average molecular weight is 395 g/mol. The number of rotatable bonds is 7. The van der Waals surface area contributed by atoms with Gasteiger partial charge in [0, 0.05) is 24.7 Å². The molecule has 1 amide bonds. The SMILES string of the molecule is CN(Cc1ccc(OC(F)F)cc1)C(=O)c1ccccc1C(=O)c1ccccc1. The first kappa shape index (κ1) is 20.2. The maximum Gasteiger partial charge on any atom is 0.387 e. The van der Waals surface area contributed by atoms with Crippen LogP contribution >= 0.6 is 0 Å². The van der Waals surface area contributed by atoms with Crippen molar-refractivity contribution in [2.24, 2.45) is 0 Å². The van der Waals surface area contributed by atoms with Crippen LogP contribution < -0.4 is 4.74 Å². The van der Waals surface area contributed by atoms with Crippen molar-refractivity contribution in [1.82, 2.24) is 4.90 Å². The summed E-state index contributed by atoms with van der Waals surface area (Å²) in [5, 5.41) is 0. The number of ether oxygens (including phenoxy) is 1. The van der Waals surface area contributed by atoms with Crippen molar-refractivity contribution in [2.75, 3.05) is 7.05 Å². The van der Waals surface area contributed by atoms with Crippen molar-refractivity contribution in [2.45, 2.75) is 13.2 Å². The Balaban J connectivity index is 1.77. The predicted molar refractivity (Wildman–Crippen MR) is 105 cm³/mol. The zero-order valence-electron chi connectivity index (χ0n) is 15.7. The van der Waals surface area contributed by atoms with Crippen molar-refractivity contribution in [3.63, 3.8) is 0 Å². The van der Waals surface area contributed by atoms with E-state index in [2.05, 4.69) is 4.74 Å². The van der Waals surface area contributed by atoms with Crippen molar-refractivity contribution >= 4 is 11.7 Å². The summed E-state index contributed by atoms with van der Waals surface area (Å²) >= 11 is 0. The summed E-state index contributed by atoms with van der Waals surface area (Å²) in [6.45, 7) is -2.63. The van der Waals surface area contributed by atoms with Crippen LogP contribution in [0.5, 0.6) is 5.75 Å². The summed E-state index contributed by atoms with van der Waals surface area (Å²) in [6, 6.07) is 21.5. The fraction of sp³-hybridized carbons (Fsp3) is 0.130. The highest BCUT2D eigenvalue weighted by Gasteiger charge is 2.20. The number of carbonyl (C=O) groups excluding carboxylic acids is 2. The third kappa shape index (κ3) is 5.04. The molecule has 0 N–H and O–H groups in total. The number of halogens is 2. The first-order chi connectivity index (χ1) is 14.0. The summed E-state index contributed by atoms with van der Waals surface area (Å²) in [6.07, 6.45) is 0. The standard InChI is InChI=1S/C23H19F2NO3/c1-26(15-16-11-13-18(14-12-16)29-23(24)25)22(28)20-10-6-5-9-19(20)21(27)17-7-3-2-4-8-17/h2-14,23H,15H2,1H3. The van der Waals surface area contributed by atoms with Gasteiger partial charge in [0.25, 0.3) is 5.91 Å². The molecule has 6 heteroatoms. The Morgan fingerprint density at radius 2 is 1.45 bits per heavy atom. The van der Waals surface area contributed by atoms with Gasteiger partial charge in [-0.2, -0.15) is 8.78 Å². The lowest BCUT2D eigenvalue weighted by Crippen LogP contribution is -2.28. The Morgan fingerprint density at radius 1 is 0.862 bits per heavy atom. The second kappa shape index (κ2) is 9.10. The molecule has 3 aromatic rings. The molecule has 0 unspecified atom stereocenters. The van der Waals surface area contributed by atoms with E-state index in [1.807, 2.05) is 6.07 Å². The number of ketones is 1. The molecule has 0 aromatic heterocycles. The van der Waals surface area contributed by atoms with Gasteiger partial charge >= 0.3 is 6.61 Å². The molecule has 0 saturated heterocycles. The first-order valence-electron chi connectivity index (χ1n) is 8.93. The number of benzene rings is 3. The molecule has 0 aliphatic rings. The summed E-state index contributed by atoms with van der Waals surface area (Å²) < 4.78 is 28.8. The zero-order chi connectivity index (χ0) is 20.8. The van der Waals surface area contributed by atoms with Crippen LogP contribution in [0, 0.1) is 0 Å². The van der Waals surface area contributed by atoms with Gasteiger partial charge in [0.05, 0.1) is 5.56 Å². The zero-order valence-corrected chi connectivity index (χ0v) is 15.7. The highest BCUT2D eigenvalue weighted by molar-refractivity contribution is 6.15. The molecule has 0 bridgehead atoms. The lowest BCUT2D eigenvalue weighted by atomic mass is 9.97. The lowest BCUT2D eigenvalue weighted by molar-refractivity contribution is -0.0498. The molecule has 0 aliphatic carbocycles. The van der Waals surface area contributed by atoms with E-state index in [9.17, 15) is 18.4 Å². The van der Waals surface area contributed by atoms with E-state index >= 15 is 0 Å². The number of hydrogen-bond donors (Lipinski definition) is 0. The van der Waals surface area contributed by atoms with Crippen LogP contribution in [0.25, 0.3) is 0 Å². The van der Waals surface area contributed by atoms with Crippen LogP contribution in [0.3, 0.4) is 0 Å². The smallest absolute Gasteiger partial charge is 0.387 e. The van der Waals surface area contributed by atoms with E-state index < -0.39 is 6.61 Å². The predicted octanol–water partition coefficient (Wildman–Crippen LogP) is 4.79. The Kier molecular flexibility index (Phi) is 6.34. The van der Waals surface area contributed by atoms with Crippen LogP contribution in [-0.2, 0) is 6.54 Å². The van der Waals surface area contributed by atoms with Gasteiger partial charge in [-0.25, -0.2) is 0 Å². The van der Waals surface area contributed by atoms with Crippen LogP contribution in [0.1, 0.15) is 31.8 Å². The van der Waals surface area contributed by atoms with E-state index in [1.54, 1.807) is 67.7 Å². The van der Waals surface area contributed by atoms with Gasteiger partial charge in [-0.15, -0.1) is 0 Å². The third-order valence-electron chi connectivity index (χ3n) is 4.35. The molecular weight excluding hydrogens is 376 g/mol. The van der Waals surface area contributed by atoms with Crippen molar-refractivity contribution in [1.29, 1.82) is 0 Å². The summed E-state index contributed by atoms with van der Waals surface area (Å²) in [4.78, 5) is 27.3. The van der Waals surface area contributed by atoms with Gasteiger partial charge in [-0.3, -0.25) is 9.59 Å². The van der Waals surface area contributed by atoms with E-state index in [0.29, 0.717) is 16.7 Å². The van der Waals surface area contributed by atoms with Gasteiger partial charge in [0.15, 0.2) is 5.78 Å². The maximum atomic E-state index is 13.0. The number of carbonyl (C=O) groups is 2. The largest absolute Gasteiger partial charge is 0.435 e. The molecule has 148 valence electrons. The van der Waals surface area contributed by atoms with Crippen LogP contribution in [0.2, 0.25) is 0 Å². The fourth-order valence-corrected chi connectivity index (χ4v) is 2.94. The molecule has 0 atom stereocenters. The molecule has 0 radical (unpaired) electrons. The maximum absolute atomic E-state index is 13.0. The average Bonchev–Trinajstić information content (AvgIpc) is 2.74. The molecule has 0 aliphatic heterocycles. The minimum absolute atomic E-state index is 0.0523. The molecule has 29 heavy (non-hydrogen) atoms. The Morgan fingerprint density at radius 3 is 2.07 bits per heavy atom. The van der Waals surface area contributed by atoms with Crippen LogP contribution in [0.4, 0.5) is 8.78 Å². The van der Waals surface area contributed by atoms with Gasteiger partial charge in [-0.05, 0) is 23.8 Å². The van der Waals surface area contributed by atoms with Gasteiger partial charge < -0.3 is 9.64 Å². The highest BCUT2D eigenvalue weighted by Crippen LogP contribution is 2.19. The van der Waals surface area contributed by atoms with Crippen molar-refractivity contribution in [3.8, 4) is 5.75 Å². The molecule has 0 heterocycles. The van der Waals surface area contributed by atoms with Crippen molar-refractivity contribution in [3.05, 3.63) is 101 Å². The minimum atomic E-state index is -2.89. The molecule has 3 rings (SSSR count). The molecular formula is C23H19F2NO3. The first-order valence-corrected chi connectivity index (χ1v) is 8.93. The van der Waals surface area contributed by atoms with E-state index in [0.717, 1.165) is 5.56 Å². The number of alkyl halides is 2.